The lowest BCUT2D eigenvalue weighted by molar-refractivity contribution is -0.126. The van der Waals surface area contributed by atoms with Crippen LogP contribution in [-0.4, -0.2) is 58.5 Å². The zero-order valence-electron chi connectivity index (χ0n) is 15.6. The van der Waals surface area contributed by atoms with Gasteiger partial charge in [-0.1, -0.05) is 29.3 Å². The van der Waals surface area contributed by atoms with Crippen molar-refractivity contribution in [2.75, 3.05) is 26.2 Å². The van der Waals surface area contributed by atoms with Crippen LogP contribution >= 0.6 is 46.5 Å². The summed E-state index contributed by atoms with van der Waals surface area (Å²) in [5.74, 6) is -1.07. The second-order valence-corrected chi connectivity index (χ2v) is 9.79. The summed E-state index contributed by atoms with van der Waals surface area (Å²) in [6.45, 7) is 4.67. The molecule has 1 saturated heterocycles. The number of nitrogens with zero attached hydrogens (tertiary/aromatic N) is 2. The highest BCUT2D eigenvalue weighted by atomic mass is 35.5. The van der Waals surface area contributed by atoms with Gasteiger partial charge < -0.3 is 9.84 Å². The van der Waals surface area contributed by atoms with Gasteiger partial charge in [0.1, 0.15) is 4.88 Å². The Morgan fingerprint density at radius 2 is 2.10 bits per heavy atom. The third-order valence-electron chi connectivity index (χ3n) is 4.33. The van der Waals surface area contributed by atoms with Crippen molar-refractivity contribution in [3.8, 4) is 0 Å². The molecule has 1 amide bonds. The number of halogens is 2. The average molecular weight is 475 g/mol. The molecule has 0 saturated carbocycles. The molecular weight excluding hydrogens is 455 g/mol. The van der Waals surface area contributed by atoms with Crippen molar-refractivity contribution >= 4 is 58.4 Å². The predicted molar refractivity (Wildman–Crippen MR) is 116 cm³/mol. The van der Waals surface area contributed by atoms with Gasteiger partial charge in [-0.2, -0.15) is 0 Å². The van der Waals surface area contributed by atoms with Gasteiger partial charge in [0, 0.05) is 38.5 Å². The zero-order chi connectivity index (χ0) is 21.0. The van der Waals surface area contributed by atoms with E-state index < -0.39 is 5.97 Å². The smallest absolute Gasteiger partial charge is 0.345 e. The fourth-order valence-corrected chi connectivity index (χ4v) is 5.24. The van der Waals surface area contributed by atoms with E-state index >= 15 is 0 Å². The van der Waals surface area contributed by atoms with Crippen molar-refractivity contribution in [1.29, 1.82) is 0 Å². The fraction of sp³-hybridized carbons (Fsp3) is 0.368. The topological polar surface area (TPSA) is 70.1 Å². The van der Waals surface area contributed by atoms with Crippen LogP contribution in [0.25, 0.3) is 0 Å². The summed E-state index contributed by atoms with van der Waals surface area (Å²) in [6.07, 6.45) is -0.137. The third-order valence-corrected chi connectivity index (χ3v) is 7.35. The number of aromatic carboxylic acids is 1. The zero-order valence-corrected chi connectivity index (χ0v) is 18.8. The number of carboxylic acid groups (broad SMARTS) is 1. The Hall–Kier alpha value is -1.29. The molecule has 0 aliphatic carbocycles. The predicted octanol–water partition coefficient (Wildman–Crippen LogP) is 4.51. The summed E-state index contributed by atoms with van der Waals surface area (Å²) in [7, 11) is 0. The number of amides is 1. The molecule has 2 heterocycles. The molecule has 10 heteroatoms. The first-order valence-electron chi connectivity index (χ1n) is 8.89. The number of hydrogen-bond acceptors (Lipinski definition) is 6. The van der Waals surface area contributed by atoms with Crippen LogP contribution in [0.15, 0.2) is 34.5 Å². The SMILES string of the molecule is CC(=O)N(C[C@@H]1CN(Cc2ccc(Cl)c(Cl)c2)CCO1)Sc1ccc(C(=O)O)s1. The van der Waals surface area contributed by atoms with Gasteiger partial charge in [0.15, 0.2) is 0 Å². The maximum atomic E-state index is 12.1. The summed E-state index contributed by atoms with van der Waals surface area (Å²) in [5.41, 5.74) is 1.07. The summed E-state index contributed by atoms with van der Waals surface area (Å²) in [6, 6.07) is 8.87. The van der Waals surface area contributed by atoms with E-state index in [2.05, 4.69) is 4.90 Å². The molecule has 1 aliphatic heterocycles. The quantitative estimate of drug-likeness (QED) is 0.595. The number of benzene rings is 1. The van der Waals surface area contributed by atoms with E-state index in [9.17, 15) is 9.59 Å². The van der Waals surface area contributed by atoms with Gasteiger partial charge in [-0.05, 0) is 29.8 Å². The van der Waals surface area contributed by atoms with Crippen LogP contribution in [0.4, 0.5) is 0 Å². The molecule has 29 heavy (non-hydrogen) atoms. The highest BCUT2D eigenvalue weighted by molar-refractivity contribution is 7.99. The van der Waals surface area contributed by atoms with E-state index in [0.29, 0.717) is 29.7 Å². The molecule has 1 aromatic carbocycles. The first-order valence-corrected chi connectivity index (χ1v) is 11.2. The minimum Gasteiger partial charge on any atom is -0.477 e. The molecule has 0 unspecified atom stereocenters. The van der Waals surface area contributed by atoms with E-state index in [4.69, 9.17) is 33.0 Å². The van der Waals surface area contributed by atoms with E-state index in [1.165, 1.54) is 18.9 Å². The summed E-state index contributed by atoms with van der Waals surface area (Å²) in [5, 5.41) is 10.1. The minimum atomic E-state index is -0.968. The van der Waals surface area contributed by atoms with E-state index in [0.717, 1.165) is 34.2 Å². The number of hydrogen-bond donors (Lipinski definition) is 1. The molecule has 0 spiro atoms. The Kier molecular flexibility index (Phi) is 7.84. The molecule has 0 radical (unpaired) electrons. The van der Waals surface area contributed by atoms with Crippen LogP contribution in [-0.2, 0) is 16.1 Å². The van der Waals surface area contributed by atoms with E-state index in [1.807, 2.05) is 12.1 Å². The Morgan fingerprint density at radius 1 is 1.31 bits per heavy atom. The number of carbonyl (C=O) groups is 2. The van der Waals surface area contributed by atoms with Gasteiger partial charge in [0.05, 0.1) is 33.5 Å². The lowest BCUT2D eigenvalue weighted by Gasteiger charge is -2.35. The van der Waals surface area contributed by atoms with Gasteiger partial charge in [-0.25, -0.2) is 4.79 Å². The largest absolute Gasteiger partial charge is 0.477 e. The number of carbonyl (C=O) groups excluding carboxylic acids is 1. The number of morpholine rings is 1. The molecule has 156 valence electrons. The Bertz CT molecular complexity index is 893. The van der Waals surface area contributed by atoms with Gasteiger partial charge in [-0.15, -0.1) is 11.3 Å². The van der Waals surface area contributed by atoms with Crippen molar-refractivity contribution in [2.45, 2.75) is 23.8 Å². The fourth-order valence-electron chi connectivity index (χ4n) is 2.94. The highest BCUT2D eigenvalue weighted by Crippen LogP contribution is 2.31. The maximum Gasteiger partial charge on any atom is 0.345 e. The maximum absolute atomic E-state index is 12.1. The van der Waals surface area contributed by atoms with Crippen LogP contribution in [0.5, 0.6) is 0 Å². The molecule has 1 atom stereocenters. The second-order valence-electron chi connectivity index (χ2n) is 6.57. The first kappa shape index (κ1) is 22.4. The van der Waals surface area contributed by atoms with Gasteiger partial charge in [-0.3, -0.25) is 14.0 Å². The first-order chi connectivity index (χ1) is 13.8. The summed E-state index contributed by atoms with van der Waals surface area (Å²) >= 11 is 14.5. The lowest BCUT2D eigenvalue weighted by atomic mass is 10.2. The lowest BCUT2D eigenvalue weighted by Crippen LogP contribution is -2.46. The summed E-state index contributed by atoms with van der Waals surface area (Å²) in [4.78, 5) is 25.7. The van der Waals surface area contributed by atoms with Crippen LogP contribution in [0.2, 0.25) is 10.0 Å². The second kappa shape index (κ2) is 10.1. The highest BCUT2D eigenvalue weighted by Gasteiger charge is 2.25. The minimum absolute atomic E-state index is 0.106. The third kappa shape index (κ3) is 6.34. The summed E-state index contributed by atoms with van der Waals surface area (Å²) < 4.78 is 8.23. The van der Waals surface area contributed by atoms with Crippen molar-refractivity contribution < 1.29 is 19.4 Å². The molecule has 6 nitrogen and oxygen atoms in total. The Balaban J connectivity index is 1.59. The monoisotopic (exact) mass is 474 g/mol. The van der Waals surface area contributed by atoms with E-state index in [1.54, 1.807) is 22.5 Å². The Labute approximate surface area is 187 Å². The van der Waals surface area contributed by atoms with Crippen molar-refractivity contribution in [1.82, 2.24) is 9.21 Å². The van der Waals surface area contributed by atoms with Gasteiger partial charge in [0.25, 0.3) is 0 Å². The molecule has 1 fully saturated rings. The van der Waals surface area contributed by atoms with Crippen LogP contribution in [0, 0.1) is 0 Å². The number of rotatable bonds is 7. The molecule has 1 aliphatic rings. The average Bonchev–Trinajstić information content (AvgIpc) is 3.13. The van der Waals surface area contributed by atoms with Crippen molar-refractivity contribution in [2.24, 2.45) is 0 Å². The van der Waals surface area contributed by atoms with Crippen molar-refractivity contribution in [3.05, 3.63) is 50.8 Å². The van der Waals surface area contributed by atoms with Crippen LogP contribution in [0.1, 0.15) is 22.2 Å². The van der Waals surface area contributed by atoms with Gasteiger partial charge in [0.2, 0.25) is 5.91 Å². The van der Waals surface area contributed by atoms with Crippen LogP contribution < -0.4 is 0 Å². The Morgan fingerprint density at radius 3 is 2.76 bits per heavy atom. The van der Waals surface area contributed by atoms with Gasteiger partial charge >= 0.3 is 5.97 Å². The van der Waals surface area contributed by atoms with E-state index in [-0.39, 0.29) is 16.9 Å². The number of carboxylic acids is 1. The molecule has 1 aromatic heterocycles. The molecular formula is C19H20Cl2N2O4S2. The standard InChI is InChI=1S/C19H20Cl2N2O4S2/c1-12(24)23(29-18-5-4-17(28-18)19(25)26)11-14-10-22(6-7-27-14)9-13-2-3-15(20)16(21)8-13/h2-5,8,14H,6-7,9-11H2,1H3,(H,25,26)/t14-/m0/s1. The molecule has 2 aromatic rings. The molecule has 3 rings (SSSR count). The number of ether oxygens (including phenoxy) is 1. The molecule has 0 bridgehead atoms. The van der Waals surface area contributed by atoms with Crippen molar-refractivity contribution in [3.63, 3.8) is 0 Å². The number of thiophene rings is 1. The normalized spacial score (nSPS) is 17.3. The van der Waals surface area contributed by atoms with Crippen LogP contribution in [0.3, 0.4) is 0 Å². The molecule has 1 N–H and O–H groups in total.